The topological polar surface area (TPSA) is 50.8 Å². The first-order valence-corrected chi connectivity index (χ1v) is 11.9. The molecule has 0 bridgehead atoms. The fourth-order valence-corrected chi connectivity index (χ4v) is 4.15. The molecule has 3 aromatic rings. The maximum Gasteiger partial charge on any atom is 0.255 e. The van der Waals surface area contributed by atoms with Gasteiger partial charge in [-0.25, -0.2) is 0 Å². The van der Waals surface area contributed by atoms with Crippen molar-refractivity contribution < 1.29 is 14.3 Å². The Hall–Kier alpha value is -3.31. The Bertz CT molecular complexity index is 1060. The minimum Gasteiger partial charge on any atom is -0.496 e. The molecule has 5 heteroatoms. The van der Waals surface area contributed by atoms with Crippen LogP contribution in [-0.4, -0.2) is 36.5 Å². The second-order valence-electron chi connectivity index (χ2n) is 8.95. The van der Waals surface area contributed by atoms with Gasteiger partial charge in [0.05, 0.1) is 7.11 Å². The lowest BCUT2D eigenvalue weighted by molar-refractivity contribution is 0.102. The number of carbonyl (C=O) groups is 1. The molecule has 1 N–H and O–H groups in total. The van der Waals surface area contributed by atoms with E-state index in [0.29, 0.717) is 23.4 Å². The zero-order chi connectivity index (χ0) is 24.5. The molecule has 0 fully saturated rings. The van der Waals surface area contributed by atoms with Crippen LogP contribution in [0.25, 0.3) is 0 Å². The summed E-state index contributed by atoms with van der Waals surface area (Å²) in [7, 11) is 1.68. The van der Waals surface area contributed by atoms with E-state index < -0.39 is 0 Å². The van der Waals surface area contributed by atoms with Gasteiger partial charge in [0, 0.05) is 23.3 Å². The number of amides is 1. The lowest BCUT2D eigenvalue weighted by atomic mass is 10.1. The SMILES string of the molecule is COc1ccc(NC(=O)c2cccc(Oc3ccccc3)c2)cc1CCCN(C(C)C)C(C)C. The molecule has 5 nitrogen and oxygen atoms in total. The number of nitrogens with zero attached hydrogens (tertiary/aromatic N) is 1. The Morgan fingerprint density at radius 1 is 0.882 bits per heavy atom. The molecule has 0 aliphatic heterocycles. The van der Waals surface area contributed by atoms with Crippen LogP contribution in [0.1, 0.15) is 50.0 Å². The number of hydrogen-bond acceptors (Lipinski definition) is 4. The van der Waals surface area contributed by atoms with Crippen molar-refractivity contribution in [2.45, 2.75) is 52.6 Å². The predicted octanol–water partition coefficient (Wildman–Crippen LogP) is 6.79. The Labute approximate surface area is 203 Å². The normalized spacial score (nSPS) is 11.2. The molecule has 0 saturated carbocycles. The second-order valence-corrected chi connectivity index (χ2v) is 8.95. The van der Waals surface area contributed by atoms with Gasteiger partial charge in [-0.2, -0.15) is 0 Å². The summed E-state index contributed by atoms with van der Waals surface area (Å²) in [5.74, 6) is 2.01. The monoisotopic (exact) mass is 460 g/mol. The number of anilines is 1. The predicted molar refractivity (Wildman–Crippen MR) is 139 cm³/mol. The van der Waals surface area contributed by atoms with Crippen LogP contribution in [-0.2, 0) is 6.42 Å². The van der Waals surface area contributed by atoms with Crippen molar-refractivity contribution >= 4 is 11.6 Å². The van der Waals surface area contributed by atoms with E-state index >= 15 is 0 Å². The van der Waals surface area contributed by atoms with E-state index in [2.05, 4.69) is 37.9 Å². The minimum absolute atomic E-state index is 0.180. The van der Waals surface area contributed by atoms with Crippen LogP contribution in [0.4, 0.5) is 5.69 Å². The van der Waals surface area contributed by atoms with Crippen molar-refractivity contribution in [1.82, 2.24) is 4.90 Å². The average molecular weight is 461 g/mol. The molecular formula is C29H36N2O3. The van der Waals surface area contributed by atoms with Gasteiger partial charge in [-0.15, -0.1) is 0 Å². The van der Waals surface area contributed by atoms with E-state index in [-0.39, 0.29) is 5.91 Å². The first-order valence-electron chi connectivity index (χ1n) is 11.9. The van der Waals surface area contributed by atoms with E-state index in [1.165, 1.54) is 0 Å². The van der Waals surface area contributed by atoms with Crippen LogP contribution < -0.4 is 14.8 Å². The lowest BCUT2D eigenvalue weighted by Gasteiger charge is -2.30. The number of nitrogens with one attached hydrogen (secondary N) is 1. The molecule has 34 heavy (non-hydrogen) atoms. The third-order valence-corrected chi connectivity index (χ3v) is 5.80. The summed E-state index contributed by atoms with van der Waals surface area (Å²) < 4.78 is 11.4. The van der Waals surface area contributed by atoms with Crippen LogP contribution in [0, 0.1) is 0 Å². The van der Waals surface area contributed by atoms with Crippen LogP contribution >= 0.6 is 0 Å². The Kier molecular flexibility index (Phi) is 9.11. The number of benzene rings is 3. The maximum absolute atomic E-state index is 12.9. The van der Waals surface area contributed by atoms with Crippen molar-refractivity contribution in [3.8, 4) is 17.2 Å². The summed E-state index contributed by atoms with van der Waals surface area (Å²) in [6.07, 6.45) is 1.90. The summed E-state index contributed by atoms with van der Waals surface area (Å²) in [4.78, 5) is 15.4. The highest BCUT2D eigenvalue weighted by Crippen LogP contribution is 2.26. The molecule has 0 aliphatic rings. The molecule has 0 aliphatic carbocycles. The molecule has 0 atom stereocenters. The highest BCUT2D eigenvalue weighted by Gasteiger charge is 2.14. The number of methoxy groups -OCH3 is 1. The lowest BCUT2D eigenvalue weighted by Crippen LogP contribution is -2.37. The van der Waals surface area contributed by atoms with Gasteiger partial charge in [-0.3, -0.25) is 9.69 Å². The fraction of sp³-hybridized carbons (Fsp3) is 0.345. The number of para-hydroxylation sites is 1. The molecule has 0 radical (unpaired) electrons. The fourth-order valence-electron chi connectivity index (χ4n) is 4.15. The van der Waals surface area contributed by atoms with Crippen molar-refractivity contribution in [2.24, 2.45) is 0 Å². The van der Waals surface area contributed by atoms with Gasteiger partial charge in [-0.1, -0.05) is 24.3 Å². The molecule has 0 heterocycles. The maximum atomic E-state index is 12.9. The quantitative estimate of drug-likeness (QED) is 0.342. The highest BCUT2D eigenvalue weighted by molar-refractivity contribution is 6.04. The van der Waals surface area contributed by atoms with Crippen LogP contribution in [0.5, 0.6) is 17.2 Å². The Morgan fingerprint density at radius 2 is 1.59 bits per heavy atom. The summed E-state index contributed by atoms with van der Waals surface area (Å²) >= 11 is 0. The van der Waals surface area contributed by atoms with Gasteiger partial charge in [0.25, 0.3) is 5.91 Å². The van der Waals surface area contributed by atoms with Crippen molar-refractivity contribution in [2.75, 3.05) is 19.0 Å². The van der Waals surface area contributed by atoms with Gasteiger partial charge in [-0.05, 0) is 101 Å². The summed E-state index contributed by atoms with van der Waals surface area (Å²) in [5, 5.41) is 3.02. The molecule has 0 aromatic heterocycles. The first kappa shape index (κ1) is 25.3. The first-order chi connectivity index (χ1) is 16.4. The van der Waals surface area contributed by atoms with E-state index in [1.54, 1.807) is 19.2 Å². The number of rotatable bonds is 11. The van der Waals surface area contributed by atoms with Crippen molar-refractivity contribution in [3.05, 3.63) is 83.9 Å². The molecule has 0 saturated heterocycles. The van der Waals surface area contributed by atoms with Crippen molar-refractivity contribution in [3.63, 3.8) is 0 Å². The number of aryl methyl sites for hydroxylation is 1. The smallest absolute Gasteiger partial charge is 0.255 e. The molecule has 1 amide bonds. The third kappa shape index (κ3) is 7.09. The molecule has 180 valence electrons. The van der Waals surface area contributed by atoms with E-state index in [4.69, 9.17) is 9.47 Å². The van der Waals surface area contributed by atoms with Gasteiger partial charge < -0.3 is 14.8 Å². The summed E-state index contributed by atoms with van der Waals surface area (Å²) in [6, 6.07) is 23.5. The standard InChI is InChI=1S/C29H36N2O3/c1-21(2)31(22(3)4)18-10-12-23-19-25(16-17-28(23)33-5)30-29(32)24-11-9-15-27(20-24)34-26-13-7-6-8-14-26/h6-9,11,13-17,19-22H,10,12,18H2,1-5H3,(H,30,32). The number of ether oxygens (including phenoxy) is 2. The van der Waals surface area contributed by atoms with Gasteiger partial charge in [0.2, 0.25) is 0 Å². The zero-order valence-corrected chi connectivity index (χ0v) is 20.9. The highest BCUT2D eigenvalue weighted by atomic mass is 16.5. The summed E-state index contributed by atoms with van der Waals surface area (Å²) in [6.45, 7) is 9.95. The van der Waals surface area contributed by atoms with E-state index in [0.717, 1.165) is 42.1 Å². The van der Waals surface area contributed by atoms with E-state index in [9.17, 15) is 4.79 Å². The third-order valence-electron chi connectivity index (χ3n) is 5.80. The van der Waals surface area contributed by atoms with Crippen molar-refractivity contribution in [1.29, 1.82) is 0 Å². The largest absolute Gasteiger partial charge is 0.496 e. The van der Waals surface area contributed by atoms with Crippen LogP contribution in [0.15, 0.2) is 72.8 Å². The molecule has 0 unspecified atom stereocenters. The molecule has 3 aromatic carbocycles. The molecule has 3 rings (SSSR count). The zero-order valence-electron chi connectivity index (χ0n) is 20.9. The number of hydrogen-bond donors (Lipinski definition) is 1. The molecular weight excluding hydrogens is 424 g/mol. The minimum atomic E-state index is -0.180. The molecule has 0 spiro atoms. The van der Waals surface area contributed by atoms with Crippen LogP contribution in [0.2, 0.25) is 0 Å². The Balaban J connectivity index is 1.67. The number of carbonyl (C=O) groups excluding carboxylic acids is 1. The van der Waals surface area contributed by atoms with Gasteiger partial charge in [0.1, 0.15) is 17.2 Å². The van der Waals surface area contributed by atoms with E-state index in [1.807, 2.05) is 60.7 Å². The van der Waals surface area contributed by atoms with Crippen LogP contribution in [0.3, 0.4) is 0 Å². The van der Waals surface area contributed by atoms with Gasteiger partial charge >= 0.3 is 0 Å². The van der Waals surface area contributed by atoms with Gasteiger partial charge in [0.15, 0.2) is 0 Å². The second kappa shape index (κ2) is 12.2. The Morgan fingerprint density at radius 3 is 2.26 bits per heavy atom. The summed E-state index contributed by atoms with van der Waals surface area (Å²) in [5.41, 5.74) is 2.38. The average Bonchev–Trinajstić information content (AvgIpc) is 2.82.